The Morgan fingerprint density at radius 3 is 0.730 bits per heavy atom. The third-order valence-corrected chi connectivity index (χ3v) is 20.2. The zero-order valence-corrected chi connectivity index (χ0v) is 54.2. The van der Waals surface area contributed by atoms with Crippen LogP contribution in [0.1, 0.15) is 0 Å². The second-order valence-electron chi connectivity index (χ2n) is 25.9. The van der Waals surface area contributed by atoms with Crippen LogP contribution in [0.25, 0.3) is 189 Å². The Labute approximate surface area is 576 Å². The Bertz CT molecular complexity index is 6210. The number of rotatable bonds is 11. The maximum absolute atomic E-state index is 5.52. The van der Waals surface area contributed by atoms with E-state index in [2.05, 4.69) is 376 Å². The molecule has 0 aliphatic heterocycles. The lowest BCUT2D eigenvalue weighted by Crippen LogP contribution is -2.03. The highest BCUT2D eigenvalue weighted by Gasteiger charge is 2.23. The molecule has 0 radical (unpaired) electrons. The van der Waals surface area contributed by atoms with Crippen LogP contribution in [-0.4, -0.2) is 33.2 Å². The number of hydrogen-bond acceptors (Lipinski definition) is 3. The number of benzene rings is 15. The SMILES string of the molecule is c1ccc(-c2cccc(-c3ccccc3)c2-c2nc(-c3ccc(-n4c5ccccc5c5cc(-c6ccc7c(c6)c6ccccc6n7-c6ccccc6)ccc54)cc3)nc(-c3ccc(-n4c5ccccc5c5cc(-c6ccc7c(c6)c6ccccc6n7-c6ccccc6)ccc54)cc3)n2)cc1. The maximum Gasteiger partial charge on any atom is 0.165 e. The van der Waals surface area contributed by atoms with Gasteiger partial charge < -0.3 is 18.3 Å². The Balaban J connectivity index is 0.692. The van der Waals surface area contributed by atoms with Crippen molar-refractivity contribution >= 4 is 87.2 Å². The van der Waals surface area contributed by atoms with Gasteiger partial charge in [-0.25, -0.2) is 15.0 Å². The van der Waals surface area contributed by atoms with Gasteiger partial charge in [0.05, 0.1) is 44.1 Å². The summed E-state index contributed by atoms with van der Waals surface area (Å²) in [7, 11) is 0. The van der Waals surface area contributed by atoms with Gasteiger partial charge in [-0.05, 0) is 190 Å². The van der Waals surface area contributed by atoms with E-state index in [9.17, 15) is 0 Å². The molecule has 0 N–H and O–H groups in total. The number of fused-ring (bicyclic) bond motifs is 12. The summed E-state index contributed by atoms with van der Waals surface area (Å²) in [6.07, 6.45) is 0. The third kappa shape index (κ3) is 9.24. The Morgan fingerprint density at radius 1 is 0.160 bits per heavy atom. The fourth-order valence-corrected chi connectivity index (χ4v) is 15.7. The number of aromatic nitrogens is 7. The van der Waals surface area contributed by atoms with Gasteiger partial charge in [-0.2, -0.15) is 0 Å². The zero-order chi connectivity index (χ0) is 65.8. The second-order valence-corrected chi connectivity index (χ2v) is 25.9. The molecule has 15 aromatic carbocycles. The summed E-state index contributed by atoms with van der Waals surface area (Å²) in [6.45, 7) is 0. The molecule has 0 saturated heterocycles. The molecule has 0 bridgehead atoms. The van der Waals surface area contributed by atoms with Crippen molar-refractivity contribution in [1.29, 1.82) is 0 Å². The normalized spacial score (nSPS) is 11.8. The lowest BCUT2D eigenvalue weighted by molar-refractivity contribution is 1.07. The average Bonchev–Trinajstić information content (AvgIpc) is 1.55. The molecule has 0 aliphatic carbocycles. The predicted octanol–water partition coefficient (Wildman–Crippen LogP) is 23.9. The molecule has 0 saturated carbocycles. The summed E-state index contributed by atoms with van der Waals surface area (Å²) in [6, 6.07) is 129. The molecular formula is C93H59N7. The first-order valence-electron chi connectivity index (χ1n) is 34.1. The summed E-state index contributed by atoms with van der Waals surface area (Å²) < 4.78 is 9.51. The summed E-state index contributed by atoms with van der Waals surface area (Å²) in [4.78, 5) is 16.5. The molecule has 466 valence electrons. The van der Waals surface area contributed by atoms with Crippen LogP contribution in [0, 0.1) is 0 Å². The van der Waals surface area contributed by atoms with Crippen molar-refractivity contribution in [1.82, 2.24) is 33.2 Å². The van der Waals surface area contributed by atoms with Crippen molar-refractivity contribution in [2.75, 3.05) is 0 Å². The van der Waals surface area contributed by atoms with Crippen molar-refractivity contribution in [3.8, 4) is 101 Å². The molecule has 100 heavy (non-hydrogen) atoms. The van der Waals surface area contributed by atoms with Crippen LogP contribution >= 0.6 is 0 Å². The highest BCUT2D eigenvalue weighted by atomic mass is 15.0. The molecule has 0 spiro atoms. The summed E-state index contributed by atoms with van der Waals surface area (Å²) in [5.41, 5.74) is 25.2. The fraction of sp³-hybridized carbons (Fsp3) is 0. The second kappa shape index (κ2) is 23.1. The first kappa shape index (κ1) is 56.8. The van der Waals surface area contributed by atoms with E-state index in [1.54, 1.807) is 0 Å². The van der Waals surface area contributed by atoms with Crippen LogP contribution in [0.15, 0.2) is 358 Å². The van der Waals surface area contributed by atoms with Crippen molar-refractivity contribution in [2.45, 2.75) is 0 Å². The van der Waals surface area contributed by atoms with E-state index in [1.807, 2.05) is 0 Å². The number of nitrogens with zero attached hydrogens (tertiary/aromatic N) is 7. The molecular weight excluding hydrogens is 1220 g/mol. The topological polar surface area (TPSA) is 58.4 Å². The lowest BCUT2D eigenvalue weighted by Gasteiger charge is -2.17. The Kier molecular flexibility index (Phi) is 13.1. The summed E-state index contributed by atoms with van der Waals surface area (Å²) >= 11 is 0. The molecule has 0 aliphatic rings. The molecule has 0 fully saturated rings. The number of hydrogen-bond donors (Lipinski definition) is 0. The van der Waals surface area contributed by atoms with Crippen molar-refractivity contribution in [3.05, 3.63) is 358 Å². The molecule has 5 aromatic heterocycles. The van der Waals surface area contributed by atoms with Crippen molar-refractivity contribution < 1.29 is 0 Å². The van der Waals surface area contributed by atoms with Gasteiger partial charge in [0.25, 0.3) is 0 Å². The van der Waals surface area contributed by atoms with Gasteiger partial charge in [0.1, 0.15) is 0 Å². The van der Waals surface area contributed by atoms with E-state index < -0.39 is 0 Å². The van der Waals surface area contributed by atoms with Crippen molar-refractivity contribution in [3.63, 3.8) is 0 Å². The Hall–Kier alpha value is -13.5. The first-order valence-corrected chi connectivity index (χ1v) is 34.1. The molecule has 7 heteroatoms. The van der Waals surface area contributed by atoms with Gasteiger partial charge in [-0.1, -0.05) is 212 Å². The number of para-hydroxylation sites is 6. The molecule has 7 nitrogen and oxygen atoms in total. The van der Waals surface area contributed by atoms with E-state index in [1.165, 1.54) is 87.4 Å². The van der Waals surface area contributed by atoms with Crippen LogP contribution in [0.5, 0.6) is 0 Å². The standard InChI is InChI=1S/C93H59N7/c1-5-22-60(23-6-1)72-34-21-35-73(61-24-7-2-8-25-61)90(72)93-95-91(62-40-48-70(49-41-62)99-84-38-19-15-32-76(84)80-58-66(46-54-88(80)99)64-44-52-86-78(56-64)74-30-13-17-36-82(74)97(86)68-26-9-3-10-27-68)94-92(96-93)63-42-50-71(51-43-63)100-85-39-20-16-33-77(85)81-59-67(47-55-89(81)100)65-45-53-87-79(57-65)75-31-14-18-37-83(75)98(87)69-28-11-4-12-29-69/h1-59H. The zero-order valence-electron chi connectivity index (χ0n) is 54.2. The maximum atomic E-state index is 5.52. The van der Waals surface area contributed by atoms with E-state index in [4.69, 9.17) is 15.0 Å². The van der Waals surface area contributed by atoms with Gasteiger partial charge in [-0.15, -0.1) is 0 Å². The smallest absolute Gasteiger partial charge is 0.165 e. The first-order chi connectivity index (χ1) is 49.6. The van der Waals surface area contributed by atoms with Gasteiger partial charge in [-0.3, -0.25) is 0 Å². The van der Waals surface area contributed by atoms with Crippen LogP contribution < -0.4 is 0 Å². The fourth-order valence-electron chi connectivity index (χ4n) is 15.7. The summed E-state index contributed by atoms with van der Waals surface area (Å²) in [5.74, 6) is 1.74. The molecule has 20 rings (SSSR count). The van der Waals surface area contributed by atoms with Crippen LogP contribution in [0.4, 0.5) is 0 Å². The Morgan fingerprint density at radius 2 is 0.410 bits per heavy atom. The monoisotopic (exact) mass is 1270 g/mol. The van der Waals surface area contributed by atoms with E-state index in [0.29, 0.717) is 17.5 Å². The minimum Gasteiger partial charge on any atom is -0.309 e. The highest BCUT2D eigenvalue weighted by molar-refractivity contribution is 6.15. The molecule has 0 atom stereocenters. The lowest BCUT2D eigenvalue weighted by atomic mass is 9.91. The molecule has 5 heterocycles. The third-order valence-electron chi connectivity index (χ3n) is 20.2. The van der Waals surface area contributed by atoms with E-state index in [-0.39, 0.29) is 0 Å². The quantitative estimate of drug-likeness (QED) is 0.130. The minimum atomic E-state index is 0.576. The van der Waals surface area contributed by atoms with Gasteiger partial charge in [0, 0.05) is 82.5 Å². The van der Waals surface area contributed by atoms with Crippen LogP contribution in [0.3, 0.4) is 0 Å². The van der Waals surface area contributed by atoms with E-state index in [0.717, 1.165) is 83.8 Å². The van der Waals surface area contributed by atoms with Crippen LogP contribution in [0.2, 0.25) is 0 Å². The molecule has 0 unspecified atom stereocenters. The largest absolute Gasteiger partial charge is 0.309 e. The predicted molar refractivity (Wildman–Crippen MR) is 415 cm³/mol. The molecule has 20 aromatic rings. The molecule has 0 amide bonds. The van der Waals surface area contributed by atoms with Crippen molar-refractivity contribution in [2.24, 2.45) is 0 Å². The van der Waals surface area contributed by atoms with Crippen LogP contribution in [-0.2, 0) is 0 Å². The average molecular weight is 1270 g/mol. The minimum absolute atomic E-state index is 0.576. The van der Waals surface area contributed by atoms with Gasteiger partial charge in [0.2, 0.25) is 0 Å². The highest BCUT2D eigenvalue weighted by Crippen LogP contribution is 2.44. The van der Waals surface area contributed by atoms with E-state index >= 15 is 0 Å². The summed E-state index contributed by atoms with van der Waals surface area (Å²) in [5, 5.41) is 9.69. The van der Waals surface area contributed by atoms with Gasteiger partial charge in [0.15, 0.2) is 17.5 Å². The van der Waals surface area contributed by atoms with Gasteiger partial charge >= 0.3 is 0 Å².